The van der Waals surface area contributed by atoms with E-state index in [0.717, 1.165) is 55.4 Å². The highest BCUT2D eigenvalue weighted by molar-refractivity contribution is 6.02. The molecule has 40 heavy (non-hydrogen) atoms. The van der Waals surface area contributed by atoms with Gasteiger partial charge in [-0.25, -0.2) is 4.98 Å². The van der Waals surface area contributed by atoms with Crippen LogP contribution in [0.1, 0.15) is 69.3 Å². The maximum atomic E-state index is 13.6. The molecular formula is C30H30N4O6. The SMILES string of the molecule is O=C(c1ccc2cn(C(=O)c3cc(OCC4CCOCC4)nc(C4CC4)c3)cc2c1)N1CCc2o[nH]c(=O)c2C1. The van der Waals surface area contributed by atoms with E-state index < -0.39 is 0 Å². The normalized spacial score (nSPS) is 17.6. The molecule has 206 valence electrons. The summed E-state index contributed by atoms with van der Waals surface area (Å²) in [7, 11) is 0. The number of hydrogen-bond acceptors (Lipinski definition) is 7. The van der Waals surface area contributed by atoms with E-state index in [4.69, 9.17) is 19.0 Å². The van der Waals surface area contributed by atoms with E-state index in [-0.39, 0.29) is 23.9 Å². The van der Waals surface area contributed by atoms with E-state index in [0.29, 0.717) is 59.7 Å². The Balaban J connectivity index is 1.11. The number of aromatic nitrogens is 3. The van der Waals surface area contributed by atoms with E-state index in [2.05, 4.69) is 5.16 Å². The van der Waals surface area contributed by atoms with Crippen LogP contribution in [-0.4, -0.2) is 57.8 Å². The van der Waals surface area contributed by atoms with Gasteiger partial charge in [-0.3, -0.25) is 19.0 Å². The number of pyridine rings is 1. The number of amides is 1. The van der Waals surface area contributed by atoms with Crippen molar-refractivity contribution in [2.24, 2.45) is 5.92 Å². The van der Waals surface area contributed by atoms with Gasteiger partial charge in [0, 0.05) is 72.8 Å². The number of H-pyrrole nitrogens is 1. The van der Waals surface area contributed by atoms with Gasteiger partial charge in [0.15, 0.2) is 0 Å². The summed E-state index contributed by atoms with van der Waals surface area (Å²) in [5.41, 5.74) is 2.14. The number of rotatable bonds is 6. The second kappa shape index (κ2) is 10.1. The molecule has 0 spiro atoms. The van der Waals surface area contributed by atoms with Crippen LogP contribution in [0.5, 0.6) is 5.88 Å². The monoisotopic (exact) mass is 542 g/mol. The van der Waals surface area contributed by atoms with Crippen molar-refractivity contribution in [2.45, 2.75) is 44.6 Å². The zero-order valence-electron chi connectivity index (χ0n) is 22.1. The molecule has 1 amide bonds. The molecule has 2 aliphatic heterocycles. The molecule has 2 fully saturated rings. The number of fused-ring (bicyclic) bond motifs is 2. The standard InChI is InChI=1S/C30H30N4O6/c35-28-24-16-33(8-5-26(24)40-32-28)29(36)20-3-4-21-14-34(15-23(21)11-20)30(37)22-12-25(19-1-2-19)31-27(13-22)39-17-18-6-9-38-10-7-18/h3-4,11-15,18-19H,1-2,5-10,16-17H2,(H,32,35). The first-order valence-electron chi connectivity index (χ1n) is 13.9. The van der Waals surface area contributed by atoms with Gasteiger partial charge in [0.25, 0.3) is 17.4 Å². The minimum Gasteiger partial charge on any atom is -0.477 e. The summed E-state index contributed by atoms with van der Waals surface area (Å²) >= 11 is 0. The number of nitrogens with zero attached hydrogens (tertiary/aromatic N) is 3. The lowest BCUT2D eigenvalue weighted by Gasteiger charge is -2.25. The number of carbonyl (C=O) groups excluding carboxylic acids is 2. The molecule has 0 radical (unpaired) electrons. The Labute approximate surface area is 229 Å². The maximum absolute atomic E-state index is 13.6. The topological polar surface area (TPSA) is 120 Å². The first kappa shape index (κ1) is 24.8. The van der Waals surface area contributed by atoms with Gasteiger partial charge in [-0.1, -0.05) is 6.07 Å². The molecule has 10 heteroatoms. The zero-order chi connectivity index (χ0) is 27.2. The van der Waals surface area contributed by atoms with Gasteiger partial charge in [-0.05, 0) is 55.2 Å². The molecule has 1 saturated heterocycles. The van der Waals surface area contributed by atoms with Crippen molar-refractivity contribution in [3.05, 3.63) is 81.2 Å². The molecule has 4 aromatic rings. The van der Waals surface area contributed by atoms with E-state index in [1.54, 1.807) is 40.1 Å². The number of hydrogen-bond donors (Lipinski definition) is 1. The summed E-state index contributed by atoms with van der Waals surface area (Å²) in [6.07, 6.45) is 8.10. The summed E-state index contributed by atoms with van der Waals surface area (Å²) in [6, 6.07) is 9.01. The van der Waals surface area contributed by atoms with Gasteiger partial charge in [0.1, 0.15) is 5.76 Å². The lowest BCUT2D eigenvalue weighted by Crippen LogP contribution is -2.37. The average Bonchev–Trinajstić information content (AvgIpc) is 3.66. The molecule has 1 aliphatic carbocycles. The van der Waals surface area contributed by atoms with E-state index >= 15 is 0 Å². The van der Waals surface area contributed by atoms with Gasteiger partial charge in [-0.2, -0.15) is 5.16 Å². The summed E-state index contributed by atoms with van der Waals surface area (Å²) in [5, 5.41) is 3.98. The number of benzene rings is 1. The van der Waals surface area contributed by atoms with Crippen LogP contribution in [0.25, 0.3) is 10.8 Å². The van der Waals surface area contributed by atoms with Crippen molar-refractivity contribution in [3.63, 3.8) is 0 Å². The van der Waals surface area contributed by atoms with Crippen molar-refractivity contribution in [3.8, 4) is 5.88 Å². The molecular weight excluding hydrogens is 512 g/mol. The fourth-order valence-electron chi connectivity index (χ4n) is 5.55. The number of ether oxygens (including phenoxy) is 2. The summed E-state index contributed by atoms with van der Waals surface area (Å²) < 4.78 is 18.3. The Bertz CT molecular complexity index is 1660. The Morgan fingerprint density at radius 2 is 1.82 bits per heavy atom. The average molecular weight is 543 g/mol. The van der Waals surface area contributed by atoms with Crippen LogP contribution in [0.15, 0.2) is 52.0 Å². The van der Waals surface area contributed by atoms with Gasteiger partial charge >= 0.3 is 0 Å². The van der Waals surface area contributed by atoms with Gasteiger partial charge in [0.2, 0.25) is 5.88 Å². The minimum atomic E-state index is -0.295. The first-order chi connectivity index (χ1) is 19.5. The van der Waals surface area contributed by atoms with Crippen LogP contribution in [0.4, 0.5) is 0 Å². The highest BCUT2D eigenvalue weighted by Gasteiger charge is 2.28. The molecule has 1 saturated carbocycles. The minimum absolute atomic E-state index is 0.165. The Kier molecular flexibility index (Phi) is 6.27. The number of carbonyl (C=O) groups is 2. The lowest BCUT2D eigenvalue weighted by molar-refractivity contribution is 0.0490. The van der Waals surface area contributed by atoms with Crippen LogP contribution >= 0.6 is 0 Å². The molecule has 3 aliphatic rings. The van der Waals surface area contributed by atoms with E-state index in [1.165, 1.54) is 0 Å². The maximum Gasteiger partial charge on any atom is 0.285 e. The van der Waals surface area contributed by atoms with Gasteiger partial charge in [0.05, 0.1) is 18.7 Å². The van der Waals surface area contributed by atoms with Crippen LogP contribution < -0.4 is 10.3 Å². The van der Waals surface area contributed by atoms with Crippen LogP contribution in [0.2, 0.25) is 0 Å². The molecule has 5 heterocycles. The second-order valence-corrected chi connectivity index (χ2v) is 11.0. The Morgan fingerprint density at radius 3 is 2.65 bits per heavy atom. The molecule has 0 bridgehead atoms. The van der Waals surface area contributed by atoms with Crippen molar-refractivity contribution in [1.29, 1.82) is 0 Å². The molecule has 7 rings (SSSR count). The van der Waals surface area contributed by atoms with E-state index in [1.807, 2.05) is 12.1 Å². The van der Waals surface area contributed by atoms with Crippen LogP contribution in [0, 0.1) is 5.92 Å². The number of aromatic amines is 1. The molecule has 1 N–H and O–H groups in total. The fraction of sp³-hybridized carbons (Fsp3) is 0.400. The van der Waals surface area contributed by atoms with Crippen LogP contribution in [0.3, 0.4) is 0 Å². The zero-order valence-corrected chi connectivity index (χ0v) is 22.1. The van der Waals surface area contributed by atoms with Gasteiger partial charge < -0.3 is 18.9 Å². The molecule has 10 nitrogen and oxygen atoms in total. The first-order valence-corrected chi connectivity index (χ1v) is 13.9. The van der Waals surface area contributed by atoms with Crippen molar-refractivity contribution < 1.29 is 23.6 Å². The third-order valence-electron chi connectivity index (χ3n) is 8.12. The predicted octanol–water partition coefficient (Wildman–Crippen LogP) is 3.89. The fourth-order valence-corrected chi connectivity index (χ4v) is 5.55. The van der Waals surface area contributed by atoms with Crippen LogP contribution in [-0.2, 0) is 17.7 Å². The second-order valence-electron chi connectivity index (χ2n) is 11.0. The highest BCUT2D eigenvalue weighted by atomic mass is 16.5. The van der Waals surface area contributed by atoms with Crippen molar-refractivity contribution in [1.82, 2.24) is 19.6 Å². The summed E-state index contributed by atoms with van der Waals surface area (Å²) in [6.45, 7) is 2.75. The predicted molar refractivity (Wildman–Crippen MR) is 145 cm³/mol. The Morgan fingerprint density at radius 1 is 1.00 bits per heavy atom. The molecule has 0 unspecified atom stereocenters. The summed E-state index contributed by atoms with van der Waals surface area (Å²) in [4.78, 5) is 45.2. The molecule has 3 aromatic heterocycles. The lowest BCUT2D eigenvalue weighted by atomic mass is 10.0. The quantitative estimate of drug-likeness (QED) is 0.393. The smallest absolute Gasteiger partial charge is 0.285 e. The third kappa shape index (κ3) is 4.83. The summed E-state index contributed by atoms with van der Waals surface area (Å²) in [5.74, 6) is 1.56. The van der Waals surface area contributed by atoms with Crippen molar-refractivity contribution in [2.75, 3.05) is 26.4 Å². The van der Waals surface area contributed by atoms with E-state index in [9.17, 15) is 14.4 Å². The Hall–Kier alpha value is -4.18. The molecule has 1 aromatic carbocycles. The third-order valence-corrected chi connectivity index (χ3v) is 8.12. The number of nitrogens with one attached hydrogen (secondary N) is 1. The van der Waals surface area contributed by atoms with Gasteiger partial charge in [-0.15, -0.1) is 0 Å². The molecule has 0 atom stereocenters. The largest absolute Gasteiger partial charge is 0.477 e. The van der Waals surface area contributed by atoms with Crippen molar-refractivity contribution >= 4 is 22.6 Å². The highest BCUT2D eigenvalue weighted by Crippen LogP contribution is 2.40.